The molecule has 0 aliphatic heterocycles. The van der Waals surface area contributed by atoms with Crippen LogP contribution in [0, 0.1) is 11.8 Å². The Labute approximate surface area is 130 Å². The maximum Gasteiger partial charge on any atom is 0.0540 e. The van der Waals surface area contributed by atoms with E-state index in [9.17, 15) is 0 Å². The normalized spacial score (nSPS) is 10.5. The van der Waals surface area contributed by atoms with Gasteiger partial charge in [-0.05, 0) is 43.6 Å². The Hall–Kier alpha value is -1.30. The Balaban J connectivity index is 2.56. The molecule has 0 fully saturated rings. The monoisotopic (exact) mass is 287 g/mol. The third-order valence-electron chi connectivity index (χ3n) is 3.49. The average molecular weight is 287 g/mol. The minimum Gasteiger partial charge on any atom is -0.395 e. The van der Waals surface area contributed by atoms with Crippen molar-refractivity contribution in [2.45, 2.75) is 52.5 Å². The van der Waals surface area contributed by atoms with E-state index in [-0.39, 0.29) is 6.61 Å². The Kier molecular flexibility index (Phi) is 9.61. The molecule has 0 radical (unpaired) electrons. The zero-order valence-electron chi connectivity index (χ0n) is 13.6. The number of unbranched alkanes of at least 4 members (excludes halogenated alkanes) is 2. The van der Waals surface area contributed by atoms with Crippen molar-refractivity contribution >= 4 is 0 Å². The van der Waals surface area contributed by atoms with Crippen molar-refractivity contribution in [3.63, 3.8) is 0 Å². The lowest BCUT2D eigenvalue weighted by Crippen LogP contribution is -2.25. The van der Waals surface area contributed by atoms with Crippen molar-refractivity contribution in [1.29, 1.82) is 0 Å². The van der Waals surface area contributed by atoms with Gasteiger partial charge in [-0.2, -0.15) is 0 Å². The molecule has 0 atom stereocenters. The van der Waals surface area contributed by atoms with Crippen LogP contribution in [0.25, 0.3) is 0 Å². The van der Waals surface area contributed by atoms with Crippen LogP contribution in [0.3, 0.4) is 0 Å². The second-order valence-corrected chi connectivity index (χ2v) is 5.46. The Morgan fingerprint density at radius 2 is 1.62 bits per heavy atom. The molecule has 0 aliphatic carbocycles. The zero-order valence-corrected chi connectivity index (χ0v) is 13.6. The van der Waals surface area contributed by atoms with Crippen LogP contribution in [0.2, 0.25) is 0 Å². The first kappa shape index (κ1) is 17.8. The topological polar surface area (TPSA) is 23.5 Å². The highest BCUT2D eigenvalue weighted by Crippen LogP contribution is 2.09. The third-order valence-corrected chi connectivity index (χ3v) is 3.49. The number of aliphatic hydroxyl groups is 1. The second kappa shape index (κ2) is 11.4. The van der Waals surface area contributed by atoms with Gasteiger partial charge in [0.1, 0.15) is 0 Å². The SMILES string of the molecule is CCCCN(CCCC)Cc1ccc(C#CCCO)cc1. The molecular weight excluding hydrogens is 258 g/mol. The van der Waals surface area contributed by atoms with Gasteiger partial charge < -0.3 is 5.11 Å². The molecule has 0 saturated carbocycles. The van der Waals surface area contributed by atoms with Gasteiger partial charge in [-0.25, -0.2) is 0 Å². The highest BCUT2D eigenvalue weighted by atomic mass is 16.2. The molecule has 0 bridgehead atoms. The first-order valence-corrected chi connectivity index (χ1v) is 8.21. The number of hydrogen-bond donors (Lipinski definition) is 1. The van der Waals surface area contributed by atoms with E-state index < -0.39 is 0 Å². The van der Waals surface area contributed by atoms with E-state index in [2.05, 4.69) is 54.9 Å². The second-order valence-electron chi connectivity index (χ2n) is 5.46. The first-order chi connectivity index (χ1) is 10.3. The summed E-state index contributed by atoms with van der Waals surface area (Å²) in [6.45, 7) is 8.04. The quantitative estimate of drug-likeness (QED) is 0.698. The standard InChI is InChI=1S/C19H29NO/c1-3-5-14-20(15-6-4-2)17-19-12-10-18(11-13-19)9-7-8-16-21/h10-13,21H,3-6,8,14-17H2,1-2H3. The van der Waals surface area contributed by atoms with Crippen LogP contribution in [0.4, 0.5) is 0 Å². The molecule has 0 aliphatic rings. The van der Waals surface area contributed by atoms with Crippen LogP contribution in [0.1, 0.15) is 57.1 Å². The molecule has 0 saturated heterocycles. The predicted molar refractivity (Wildman–Crippen MR) is 90.1 cm³/mol. The fourth-order valence-corrected chi connectivity index (χ4v) is 2.21. The Bertz CT molecular complexity index is 419. The fourth-order valence-electron chi connectivity index (χ4n) is 2.21. The first-order valence-electron chi connectivity index (χ1n) is 8.21. The van der Waals surface area contributed by atoms with Gasteiger partial charge in [0.2, 0.25) is 0 Å². The summed E-state index contributed by atoms with van der Waals surface area (Å²) in [5, 5.41) is 8.72. The van der Waals surface area contributed by atoms with Gasteiger partial charge >= 0.3 is 0 Å². The lowest BCUT2D eigenvalue weighted by Gasteiger charge is -2.22. The van der Waals surface area contributed by atoms with Crippen molar-refractivity contribution in [1.82, 2.24) is 4.90 Å². The van der Waals surface area contributed by atoms with Gasteiger partial charge in [-0.1, -0.05) is 50.7 Å². The summed E-state index contributed by atoms with van der Waals surface area (Å²) >= 11 is 0. The number of aliphatic hydroxyl groups excluding tert-OH is 1. The van der Waals surface area contributed by atoms with E-state index in [0.29, 0.717) is 6.42 Å². The molecule has 21 heavy (non-hydrogen) atoms. The Morgan fingerprint density at radius 3 is 2.14 bits per heavy atom. The molecule has 2 nitrogen and oxygen atoms in total. The molecule has 0 heterocycles. The summed E-state index contributed by atoms with van der Waals surface area (Å²) in [5.41, 5.74) is 2.38. The molecule has 1 aromatic rings. The summed E-state index contributed by atoms with van der Waals surface area (Å²) in [5.74, 6) is 6.03. The van der Waals surface area contributed by atoms with Gasteiger partial charge in [0.15, 0.2) is 0 Å². The molecule has 2 heteroatoms. The minimum absolute atomic E-state index is 0.134. The molecule has 0 amide bonds. The maximum absolute atomic E-state index is 8.72. The summed E-state index contributed by atoms with van der Waals surface area (Å²) in [4.78, 5) is 2.56. The third kappa shape index (κ3) is 7.90. The lowest BCUT2D eigenvalue weighted by atomic mass is 10.1. The molecule has 116 valence electrons. The molecule has 0 spiro atoms. The van der Waals surface area contributed by atoms with Gasteiger partial charge in [-0.3, -0.25) is 4.90 Å². The fraction of sp³-hybridized carbons (Fsp3) is 0.579. The molecule has 1 N–H and O–H groups in total. The molecule has 1 rings (SSSR count). The van der Waals surface area contributed by atoms with E-state index in [0.717, 1.165) is 12.1 Å². The molecule has 1 aromatic carbocycles. The number of rotatable bonds is 9. The van der Waals surface area contributed by atoms with Crippen molar-refractivity contribution < 1.29 is 5.11 Å². The number of hydrogen-bond acceptors (Lipinski definition) is 2. The van der Waals surface area contributed by atoms with E-state index in [1.807, 2.05) is 0 Å². The minimum atomic E-state index is 0.134. The summed E-state index contributed by atoms with van der Waals surface area (Å²) in [6, 6.07) is 8.51. The lowest BCUT2D eigenvalue weighted by molar-refractivity contribution is 0.257. The van der Waals surface area contributed by atoms with Crippen LogP contribution in [-0.2, 0) is 6.54 Å². The Morgan fingerprint density at radius 1 is 1.00 bits per heavy atom. The van der Waals surface area contributed by atoms with E-state index in [1.165, 1.54) is 44.3 Å². The van der Waals surface area contributed by atoms with E-state index in [4.69, 9.17) is 5.11 Å². The smallest absolute Gasteiger partial charge is 0.0540 e. The summed E-state index contributed by atoms with van der Waals surface area (Å²) in [6.07, 6.45) is 5.59. The van der Waals surface area contributed by atoms with Gasteiger partial charge in [0, 0.05) is 18.5 Å². The largest absolute Gasteiger partial charge is 0.395 e. The van der Waals surface area contributed by atoms with Gasteiger partial charge in [0.25, 0.3) is 0 Å². The highest BCUT2D eigenvalue weighted by molar-refractivity contribution is 5.36. The molecule has 0 aromatic heterocycles. The molecular formula is C19H29NO. The van der Waals surface area contributed by atoms with Crippen molar-refractivity contribution in [3.8, 4) is 11.8 Å². The summed E-state index contributed by atoms with van der Waals surface area (Å²) < 4.78 is 0. The molecule has 0 unspecified atom stereocenters. The number of nitrogens with zero attached hydrogens (tertiary/aromatic N) is 1. The zero-order chi connectivity index (χ0) is 15.3. The van der Waals surface area contributed by atoms with Crippen LogP contribution in [-0.4, -0.2) is 29.7 Å². The highest BCUT2D eigenvalue weighted by Gasteiger charge is 2.05. The van der Waals surface area contributed by atoms with Crippen molar-refractivity contribution in [2.24, 2.45) is 0 Å². The van der Waals surface area contributed by atoms with E-state index in [1.54, 1.807) is 0 Å². The van der Waals surface area contributed by atoms with E-state index >= 15 is 0 Å². The van der Waals surface area contributed by atoms with Crippen LogP contribution in [0.15, 0.2) is 24.3 Å². The predicted octanol–water partition coefficient (Wildman–Crippen LogP) is 3.82. The maximum atomic E-state index is 8.72. The average Bonchev–Trinajstić information content (AvgIpc) is 2.52. The number of benzene rings is 1. The van der Waals surface area contributed by atoms with Crippen LogP contribution >= 0.6 is 0 Å². The van der Waals surface area contributed by atoms with Gasteiger partial charge in [0.05, 0.1) is 6.61 Å². The van der Waals surface area contributed by atoms with Gasteiger partial charge in [-0.15, -0.1) is 0 Å². The van der Waals surface area contributed by atoms with Crippen LogP contribution in [0.5, 0.6) is 0 Å². The van der Waals surface area contributed by atoms with Crippen LogP contribution < -0.4 is 0 Å². The van der Waals surface area contributed by atoms with Crippen molar-refractivity contribution in [3.05, 3.63) is 35.4 Å². The van der Waals surface area contributed by atoms with Crippen molar-refractivity contribution in [2.75, 3.05) is 19.7 Å². The summed E-state index contributed by atoms with van der Waals surface area (Å²) in [7, 11) is 0.